The molecule has 1 aromatic carbocycles. The fraction of sp³-hybridized carbons (Fsp3) is 0.375. The highest BCUT2D eigenvalue weighted by molar-refractivity contribution is 9.10. The van der Waals surface area contributed by atoms with E-state index in [9.17, 15) is 22.8 Å². The van der Waals surface area contributed by atoms with Crippen molar-refractivity contribution in [2.45, 2.75) is 24.4 Å². The maximum atomic E-state index is 13.4. The van der Waals surface area contributed by atoms with Crippen LogP contribution in [0.4, 0.5) is 4.39 Å². The molecule has 13 heteroatoms. The zero-order chi connectivity index (χ0) is 21.6. The van der Waals surface area contributed by atoms with Gasteiger partial charge in [-0.05, 0) is 50.9 Å². The van der Waals surface area contributed by atoms with Crippen molar-refractivity contribution in [1.29, 1.82) is 0 Å². The van der Waals surface area contributed by atoms with Crippen molar-refractivity contribution in [3.63, 3.8) is 0 Å². The van der Waals surface area contributed by atoms with E-state index < -0.39 is 27.3 Å². The number of nitrogens with zero attached hydrogens (tertiary/aromatic N) is 3. The van der Waals surface area contributed by atoms with E-state index in [0.29, 0.717) is 16.3 Å². The van der Waals surface area contributed by atoms with E-state index in [1.807, 2.05) is 0 Å². The van der Waals surface area contributed by atoms with E-state index in [-0.39, 0.29) is 28.3 Å². The molecule has 1 aromatic heterocycles. The Morgan fingerprint density at radius 2 is 2.17 bits per heavy atom. The first kappa shape index (κ1) is 23.3. The van der Waals surface area contributed by atoms with Gasteiger partial charge in [0.1, 0.15) is 17.3 Å². The van der Waals surface area contributed by atoms with Gasteiger partial charge in [-0.15, -0.1) is 0 Å². The largest absolute Gasteiger partial charge is 0.411 e. The number of aromatic nitrogens is 2. The van der Waals surface area contributed by atoms with Crippen molar-refractivity contribution >= 4 is 49.1 Å². The molecule has 0 saturated carbocycles. The first-order valence-corrected chi connectivity index (χ1v) is 12.0. The van der Waals surface area contributed by atoms with Gasteiger partial charge in [-0.25, -0.2) is 17.4 Å². The van der Waals surface area contributed by atoms with Gasteiger partial charge in [-0.3, -0.25) is 4.79 Å². The summed E-state index contributed by atoms with van der Waals surface area (Å²) in [6.07, 6.45) is 1.13. The minimum Gasteiger partial charge on any atom is -0.411 e. The number of hydrogen-bond acceptors (Lipinski definition) is 9. The third kappa shape index (κ3) is 7.40. The van der Waals surface area contributed by atoms with Crippen LogP contribution in [0.15, 0.2) is 37.5 Å². The summed E-state index contributed by atoms with van der Waals surface area (Å²) in [5.74, 6) is -1.26. The average molecular weight is 509 g/mol. The molecule has 1 amide bonds. The number of thioether (sulfide) groups is 1. The number of rotatable bonds is 9. The Bertz CT molecular complexity index is 1010. The summed E-state index contributed by atoms with van der Waals surface area (Å²) in [5, 5.41) is 23.1. The number of amides is 1. The van der Waals surface area contributed by atoms with Crippen LogP contribution in [0.25, 0.3) is 0 Å². The lowest BCUT2D eigenvalue weighted by atomic mass is 10.1. The van der Waals surface area contributed by atoms with Crippen molar-refractivity contribution < 1.29 is 27.4 Å². The molecule has 0 saturated heterocycles. The van der Waals surface area contributed by atoms with E-state index in [2.05, 4.69) is 36.7 Å². The molecule has 0 aliphatic heterocycles. The van der Waals surface area contributed by atoms with Crippen LogP contribution in [-0.4, -0.2) is 59.4 Å². The van der Waals surface area contributed by atoms with Crippen LogP contribution >= 0.6 is 27.7 Å². The molecule has 9 nitrogen and oxygen atoms in total. The minimum absolute atomic E-state index is 0.151. The van der Waals surface area contributed by atoms with Crippen LogP contribution in [0.2, 0.25) is 0 Å². The van der Waals surface area contributed by atoms with E-state index >= 15 is 0 Å². The van der Waals surface area contributed by atoms with Crippen molar-refractivity contribution in [3.8, 4) is 0 Å². The summed E-state index contributed by atoms with van der Waals surface area (Å²) in [4.78, 5) is 11.7. The quantitative estimate of drug-likeness (QED) is 0.227. The summed E-state index contributed by atoms with van der Waals surface area (Å²) in [6.45, 7) is 1.71. The number of nitrogens with one attached hydrogen (secondary N) is 1. The molecule has 2 aromatic rings. The molecule has 0 radical (unpaired) electrons. The van der Waals surface area contributed by atoms with Gasteiger partial charge in [-0.1, -0.05) is 23.0 Å². The predicted octanol–water partition coefficient (Wildman–Crippen LogP) is 2.03. The van der Waals surface area contributed by atoms with Crippen molar-refractivity contribution in [3.05, 3.63) is 39.7 Å². The fourth-order valence-electron chi connectivity index (χ4n) is 2.26. The zero-order valence-electron chi connectivity index (χ0n) is 15.4. The van der Waals surface area contributed by atoms with Gasteiger partial charge >= 0.3 is 0 Å². The Labute approximate surface area is 179 Å². The molecule has 0 fully saturated rings. The molecule has 0 unspecified atom stereocenters. The Hall–Kier alpha value is -1.99. The maximum Gasteiger partial charge on any atom is 0.235 e. The number of carbonyl (C=O) groups excluding carboxylic acids is 1. The van der Waals surface area contributed by atoms with Crippen molar-refractivity contribution in [1.82, 2.24) is 15.6 Å². The Balaban J connectivity index is 2.01. The molecule has 0 aliphatic rings. The molecule has 2 rings (SSSR count). The zero-order valence-corrected chi connectivity index (χ0v) is 18.6. The molecule has 158 valence electrons. The third-order valence-corrected chi connectivity index (χ3v) is 6.08. The number of hydrogen-bond donors (Lipinski definition) is 2. The number of carbonyl (C=O) groups is 1. The van der Waals surface area contributed by atoms with Gasteiger partial charge in [0, 0.05) is 24.5 Å². The highest BCUT2D eigenvalue weighted by Crippen LogP contribution is 2.23. The molecule has 29 heavy (non-hydrogen) atoms. The van der Waals surface area contributed by atoms with E-state index in [0.717, 1.165) is 6.26 Å². The SMILES string of the molecule is C[C@@H](CSc1nonc1C(Cc1ccc(F)c(Br)c1)=NO)NC(=O)CS(C)(=O)=O. The molecule has 2 N–H and O–H groups in total. The second-order valence-corrected chi connectivity index (χ2v) is 10.2. The van der Waals surface area contributed by atoms with E-state index in [1.54, 1.807) is 19.1 Å². The maximum absolute atomic E-state index is 13.4. The Morgan fingerprint density at radius 3 is 2.79 bits per heavy atom. The predicted molar refractivity (Wildman–Crippen MR) is 108 cm³/mol. The van der Waals surface area contributed by atoms with Crippen LogP contribution in [0, 0.1) is 5.82 Å². The molecule has 0 aliphatic carbocycles. The average Bonchev–Trinajstić information content (AvgIpc) is 3.07. The topological polar surface area (TPSA) is 135 Å². The lowest BCUT2D eigenvalue weighted by molar-refractivity contribution is -0.119. The summed E-state index contributed by atoms with van der Waals surface area (Å²) in [6, 6.07) is 4.03. The molecular formula is C16H18BrFN4O5S2. The van der Waals surface area contributed by atoms with Gasteiger partial charge in [-0.2, -0.15) is 0 Å². The summed E-state index contributed by atoms with van der Waals surface area (Å²) < 4.78 is 40.7. The highest BCUT2D eigenvalue weighted by atomic mass is 79.9. The molecule has 0 spiro atoms. The minimum atomic E-state index is -3.41. The lowest BCUT2D eigenvalue weighted by Gasteiger charge is -2.12. The molecule has 0 bridgehead atoms. The Morgan fingerprint density at radius 1 is 1.45 bits per heavy atom. The van der Waals surface area contributed by atoms with Crippen LogP contribution in [0.3, 0.4) is 0 Å². The van der Waals surface area contributed by atoms with Crippen molar-refractivity contribution in [2.24, 2.45) is 5.16 Å². The second-order valence-electron chi connectivity index (χ2n) is 6.24. The first-order chi connectivity index (χ1) is 13.6. The van der Waals surface area contributed by atoms with Crippen LogP contribution in [0.1, 0.15) is 18.2 Å². The van der Waals surface area contributed by atoms with Gasteiger partial charge in [0.25, 0.3) is 0 Å². The van der Waals surface area contributed by atoms with E-state index in [4.69, 9.17) is 4.63 Å². The number of sulfone groups is 1. The number of benzene rings is 1. The van der Waals surface area contributed by atoms with Crippen LogP contribution in [0.5, 0.6) is 0 Å². The summed E-state index contributed by atoms with van der Waals surface area (Å²) in [7, 11) is -3.41. The first-order valence-electron chi connectivity index (χ1n) is 8.16. The van der Waals surface area contributed by atoms with Crippen molar-refractivity contribution in [2.75, 3.05) is 17.8 Å². The Kier molecular flexibility index (Phi) is 8.16. The van der Waals surface area contributed by atoms with E-state index in [1.165, 1.54) is 17.8 Å². The van der Waals surface area contributed by atoms with Gasteiger partial charge in [0.15, 0.2) is 20.6 Å². The normalized spacial score (nSPS) is 13.3. The number of oxime groups is 1. The molecular weight excluding hydrogens is 491 g/mol. The van der Waals surface area contributed by atoms with Crippen LogP contribution in [-0.2, 0) is 21.1 Å². The molecule has 1 atom stereocenters. The standard InChI is InChI=1S/C16H18BrFN4O5S2/c1-9(19-14(23)8-29(2,25)26)7-28-16-15(21-27-22-16)13(20-24)6-10-3-4-12(18)11(17)5-10/h3-5,9,24H,6-8H2,1-2H3,(H,19,23)/t9-/m0/s1. The monoisotopic (exact) mass is 508 g/mol. The van der Waals surface area contributed by atoms with Crippen LogP contribution < -0.4 is 5.32 Å². The van der Waals surface area contributed by atoms with Gasteiger partial charge in [0.2, 0.25) is 5.91 Å². The third-order valence-electron chi connectivity index (χ3n) is 3.48. The molecule has 1 heterocycles. The van der Waals surface area contributed by atoms with Gasteiger partial charge in [0.05, 0.1) is 4.47 Å². The second kappa shape index (κ2) is 10.2. The fourth-order valence-corrected chi connectivity index (χ4v) is 4.12. The smallest absolute Gasteiger partial charge is 0.235 e. The highest BCUT2D eigenvalue weighted by Gasteiger charge is 2.20. The summed E-state index contributed by atoms with van der Waals surface area (Å²) in [5.41, 5.74) is 1.06. The van der Waals surface area contributed by atoms with Gasteiger partial charge < -0.3 is 10.5 Å². The number of halogens is 2. The summed E-state index contributed by atoms with van der Waals surface area (Å²) >= 11 is 4.29. The lowest BCUT2D eigenvalue weighted by Crippen LogP contribution is -2.37.